The van der Waals surface area contributed by atoms with Gasteiger partial charge >= 0.3 is 0 Å². The lowest BCUT2D eigenvalue weighted by Gasteiger charge is -2.34. The van der Waals surface area contributed by atoms with Gasteiger partial charge in [-0.1, -0.05) is 29.4 Å². The fourth-order valence-electron chi connectivity index (χ4n) is 2.26. The molecule has 0 bridgehead atoms. The van der Waals surface area contributed by atoms with Crippen molar-refractivity contribution in [2.45, 2.75) is 12.5 Å². The summed E-state index contributed by atoms with van der Waals surface area (Å²) in [7, 11) is 0. The van der Waals surface area contributed by atoms with E-state index in [9.17, 15) is 9.90 Å². The second-order valence-electron chi connectivity index (χ2n) is 4.86. The number of rotatable bonds is 4. The number of carbonyl (C=O) groups is 1. The van der Waals surface area contributed by atoms with E-state index in [1.54, 1.807) is 29.2 Å². The highest BCUT2D eigenvalue weighted by molar-refractivity contribution is 5.97. The molecule has 0 radical (unpaired) electrons. The van der Waals surface area contributed by atoms with Crippen LogP contribution in [0.4, 0.5) is 0 Å². The second-order valence-corrected chi connectivity index (χ2v) is 4.86. The standard InChI is InChI=1S/C14H19N3O4/c15-14(16-20)11-3-1-10(2-4-11)7-13(19)17-5-6-21-9-12(17)8-18/h1-4,12,18,20H,5-9H2,(H2,15,16). The van der Waals surface area contributed by atoms with Crippen LogP contribution in [0.3, 0.4) is 0 Å². The van der Waals surface area contributed by atoms with Crippen LogP contribution in [0.1, 0.15) is 11.1 Å². The third-order valence-corrected chi connectivity index (χ3v) is 3.47. The molecule has 1 aliphatic heterocycles. The monoisotopic (exact) mass is 293 g/mol. The molecule has 1 saturated heterocycles. The van der Waals surface area contributed by atoms with Crippen LogP contribution in [0.5, 0.6) is 0 Å². The number of nitrogens with two attached hydrogens (primary N) is 1. The molecule has 1 unspecified atom stereocenters. The summed E-state index contributed by atoms with van der Waals surface area (Å²) in [4.78, 5) is 13.9. The molecule has 1 aromatic carbocycles. The molecule has 0 aromatic heterocycles. The highest BCUT2D eigenvalue weighted by Crippen LogP contribution is 2.11. The zero-order chi connectivity index (χ0) is 15.2. The first-order valence-electron chi connectivity index (χ1n) is 6.70. The fourth-order valence-corrected chi connectivity index (χ4v) is 2.26. The summed E-state index contributed by atoms with van der Waals surface area (Å²) in [6.45, 7) is 1.25. The van der Waals surface area contributed by atoms with Gasteiger partial charge in [-0.2, -0.15) is 0 Å². The molecule has 2 rings (SSSR count). The summed E-state index contributed by atoms with van der Waals surface area (Å²) in [6, 6.07) is 6.64. The van der Waals surface area contributed by atoms with Gasteiger partial charge in [0.15, 0.2) is 5.84 Å². The summed E-state index contributed by atoms with van der Waals surface area (Å²) in [5.74, 6) is -0.0182. The number of aliphatic hydroxyl groups is 1. The maximum atomic E-state index is 12.3. The van der Waals surface area contributed by atoms with Gasteiger partial charge in [0.05, 0.1) is 32.3 Å². The Balaban J connectivity index is 2.02. The predicted octanol–water partition coefficient (Wildman–Crippen LogP) is -0.457. The first kappa shape index (κ1) is 15.3. The molecule has 7 nitrogen and oxygen atoms in total. The Morgan fingerprint density at radius 1 is 1.43 bits per heavy atom. The van der Waals surface area contributed by atoms with Crippen molar-refractivity contribution < 1.29 is 19.8 Å². The van der Waals surface area contributed by atoms with Crippen LogP contribution in [0.15, 0.2) is 29.4 Å². The summed E-state index contributed by atoms with van der Waals surface area (Å²) in [5.41, 5.74) is 6.90. The number of hydrogen-bond acceptors (Lipinski definition) is 5. The molecule has 1 atom stereocenters. The van der Waals surface area contributed by atoms with Gasteiger partial charge in [-0.15, -0.1) is 0 Å². The molecular formula is C14H19N3O4. The molecule has 0 aliphatic carbocycles. The van der Waals surface area contributed by atoms with Crippen LogP contribution < -0.4 is 5.73 Å². The summed E-state index contributed by atoms with van der Waals surface area (Å²) < 4.78 is 5.25. The quantitative estimate of drug-likeness (QED) is 0.301. The largest absolute Gasteiger partial charge is 0.409 e. The smallest absolute Gasteiger partial charge is 0.227 e. The van der Waals surface area contributed by atoms with Crippen LogP contribution in [-0.2, 0) is 16.0 Å². The highest BCUT2D eigenvalue weighted by Gasteiger charge is 2.26. The topological polar surface area (TPSA) is 108 Å². The number of amides is 1. The van der Waals surface area contributed by atoms with Crippen LogP contribution in [-0.4, -0.2) is 59.4 Å². The zero-order valence-electron chi connectivity index (χ0n) is 11.6. The van der Waals surface area contributed by atoms with Crippen molar-refractivity contribution in [2.75, 3.05) is 26.4 Å². The van der Waals surface area contributed by atoms with Gasteiger partial charge < -0.3 is 25.7 Å². The molecule has 1 aromatic rings. The predicted molar refractivity (Wildman–Crippen MR) is 76.1 cm³/mol. The highest BCUT2D eigenvalue weighted by atomic mass is 16.5. The van der Waals surface area contributed by atoms with Crippen LogP contribution in [0, 0.1) is 0 Å². The van der Waals surface area contributed by atoms with Crippen molar-refractivity contribution in [3.63, 3.8) is 0 Å². The lowest BCUT2D eigenvalue weighted by molar-refractivity contribution is -0.140. The van der Waals surface area contributed by atoms with Crippen LogP contribution in [0.2, 0.25) is 0 Å². The maximum absolute atomic E-state index is 12.3. The minimum atomic E-state index is -0.275. The van der Waals surface area contributed by atoms with Gasteiger partial charge in [0.1, 0.15) is 0 Å². The summed E-state index contributed by atoms with van der Waals surface area (Å²) in [6.07, 6.45) is 0.243. The first-order chi connectivity index (χ1) is 10.2. The van der Waals surface area contributed by atoms with Gasteiger partial charge in [-0.3, -0.25) is 4.79 Å². The minimum Gasteiger partial charge on any atom is -0.409 e. The number of oxime groups is 1. The third-order valence-electron chi connectivity index (χ3n) is 3.47. The van der Waals surface area contributed by atoms with E-state index in [1.807, 2.05) is 0 Å². The van der Waals surface area contributed by atoms with Crippen molar-refractivity contribution in [2.24, 2.45) is 10.9 Å². The average molecular weight is 293 g/mol. The molecule has 1 aliphatic rings. The molecule has 1 amide bonds. The van der Waals surface area contributed by atoms with Crippen molar-refractivity contribution in [3.8, 4) is 0 Å². The number of amidine groups is 1. The summed E-state index contributed by atoms with van der Waals surface area (Å²) >= 11 is 0. The van der Waals surface area contributed by atoms with Gasteiger partial charge in [0.25, 0.3) is 0 Å². The van der Waals surface area contributed by atoms with Crippen molar-refractivity contribution in [1.82, 2.24) is 4.90 Å². The zero-order valence-corrected chi connectivity index (χ0v) is 11.6. The second kappa shape index (κ2) is 7.05. The number of nitrogens with zero attached hydrogens (tertiary/aromatic N) is 2. The van der Waals surface area contributed by atoms with Crippen molar-refractivity contribution in [1.29, 1.82) is 0 Å². The average Bonchev–Trinajstić information content (AvgIpc) is 2.54. The lowest BCUT2D eigenvalue weighted by atomic mass is 10.1. The third kappa shape index (κ3) is 3.71. The Morgan fingerprint density at radius 3 is 2.76 bits per heavy atom. The Bertz CT molecular complexity index is 515. The Morgan fingerprint density at radius 2 is 2.14 bits per heavy atom. The molecule has 1 fully saturated rings. The maximum Gasteiger partial charge on any atom is 0.227 e. The van der Waals surface area contributed by atoms with Gasteiger partial charge in [-0.05, 0) is 5.56 Å². The van der Waals surface area contributed by atoms with Gasteiger partial charge in [0, 0.05) is 12.1 Å². The molecule has 0 spiro atoms. The number of hydrogen-bond donors (Lipinski definition) is 3. The van der Waals surface area contributed by atoms with Gasteiger partial charge in [-0.25, -0.2) is 0 Å². The normalized spacial score (nSPS) is 19.6. The number of morpholine rings is 1. The van der Waals surface area contributed by atoms with E-state index in [4.69, 9.17) is 15.7 Å². The number of benzene rings is 1. The molecule has 0 saturated carbocycles. The van der Waals surface area contributed by atoms with E-state index in [0.717, 1.165) is 5.56 Å². The molecule has 1 heterocycles. The molecule has 7 heteroatoms. The van der Waals surface area contributed by atoms with Crippen LogP contribution >= 0.6 is 0 Å². The molecular weight excluding hydrogens is 274 g/mol. The Labute approximate surface area is 122 Å². The molecule has 4 N–H and O–H groups in total. The fraction of sp³-hybridized carbons (Fsp3) is 0.429. The van der Waals surface area contributed by atoms with Crippen molar-refractivity contribution >= 4 is 11.7 Å². The van der Waals surface area contributed by atoms with Gasteiger partial charge in [0.2, 0.25) is 5.91 Å². The first-order valence-corrected chi connectivity index (χ1v) is 6.70. The van der Waals surface area contributed by atoms with Crippen molar-refractivity contribution in [3.05, 3.63) is 35.4 Å². The van der Waals surface area contributed by atoms with E-state index < -0.39 is 0 Å². The van der Waals surface area contributed by atoms with E-state index in [-0.39, 0.29) is 30.8 Å². The Hall–Kier alpha value is -2.12. The Kier molecular flexibility index (Phi) is 5.13. The van der Waals surface area contributed by atoms with E-state index in [2.05, 4.69) is 5.16 Å². The molecule has 21 heavy (non-hydrogen) atoms. The van der Waals surface area contributed by atoms with E-state index >= 15 is 0 Å². The SMILES string of the molecule is N/C(=N/O)c1ccc(CC(=O)N2CCOCC2CO)cc1. The number of aliphatic hydroxyl groups excluding tert-OH is 1. The number of carbonyl (C=O) groups excluding carboxylic acids is 1. The summed E-state index contributed by atoms with van der Waals surface area (Å²) in [5, 5.41) is 20.8. The lowest BCUT2D eigenvalue weighted by Crippen LogP contribution is -2.51. The van der Waals surface area contributed by atoms with E-state index in [0.29, 0.717) is 25.3 Å². The molecule has 114 valence electrons. The minimum absolute atomic E-state index is 0.0291. The van der Waals surface area contributed by atoms with Crippen LogP contribution in [0.25, 0.3) is 0 Å². The number of ether oxygens (including phenoxy) is 1. The van der Waals surface area contributed by atoms with E-state index in [1.165, 1.54) is 0 Å².